The van der Waals surface area contributed by atoms with E-state index in [-0.39, 0.29) is 0 Å². The van der Waals surface area contributed by atoms with Gasteiger partial charge in [0.1, 0.15) is 12.4 Å². The van der Waals surface area contributed by atoms with Crippen LogP contribution in [-0.4, -0.2) is 15.9 Å². The van der Waals surface area contributed by atoms with Crippen molar-refractivity contribution >= 4 is 28.1 Å². The molecule has 0 atom stereocenters. The van der Waals surface area contributed by atoms with Crippen LogP contribution >= 0.6 is 15.9 Å². The molecule has 0 amide bonds. The first-order chi connectivity index (χ1) is 12.0. The van der Waals surface area contributed by atoms with Crippen LogP contribution in [0.1, 0.15) is 22.4 Å². The normalized spacial score (nSPS) is 11.2. The molecule has 0 spiro atoms. The number of halogens is 1. The number of nitrogens with zero attached hydrogens (tertiary/aromatic N) is 3. The van der Waals surface area contributed by atoms with E-state index in [1.54, 1.807) is 17.1 Å². The molecular formula is C19H19BrN4O. The van der Waals surface area contributed by atoms with Crippen molar-refractivity contribution < 1.29 is 4.74 Å². The number of imidazole rings is 1. The minimum atomic E-state index is 0.353. The maximum atomic E-state index is 5.97. The van der Waals surface area contributed by atoms with E-state index in [9.17, 15) is 0 Å². The summed E-state index contributed by atoms with van der Waals surface area (Å²) in [4.78, 5) is 4.13. The van der Waals surface area contributed by atoms with Gasteiger partial charge in [0.15, 0.2) is 0 Å². The molecule has 25 heavy (non-hydrogen) atoms. The lowest BCUT2D eigenvalue weighted by Gasteiger charge is -2.10. The van der Waals surface area contributed by atoms with Gasteiger partial charge in [0.2, 0.25) is 5.95 Å². The molecule has 0 bridgehead atoms. The fourth-order valence-corrected chi connectivity index (χ4v) is 2.70. The highest BCUT2D eigenvalue weighted by molar-refractivity contribution is 9.10. The Morgan fingerprint density at radius 2 is 1.96 bits per heavy atom. The molecule has 128 valence electrons. The number of anilines is 1. The molecule has 1 aromatic heterocycles. The van der Waals surface area contributed by atoms with Crippen molar-refractivity contribution in [2.24, 2.45) is 5.10 Å². The Morgan fingerprint density at radius 1 is 1.20 bits per heavy atom. The highest BCUT2D eigenvalue weighted by atomic mass is 79.9. The maximum absolute atomic E-state index is 5.97. The van der Waals surface area contributed by atoms with Gasteiger partial charge in [-0.2, -0.15) is 5.10 Å². The van der Waals surface area contributed by atoms with E-state index in [1.807, 2.05) is 25.1 Å². The van der Waals surface area contributed by atoms with Gasteiger partial charge in [-0.05, 0) is 37.6 Å². The van der Waals surface area contributed by atoms with Crippen molar-refractivity contribution in [3.63, 3.8) is 0 Å². The van der Waals surface area contributed by atoms with Gasteiger partial charge >= 0.3 is 0 Å². The number of aromatic nitrogens is 2. The molecule has 0 saturated carbocycles. The summed E-state index contributed by atoms with van der Waals surface area (Å²) >= 11 is 3.48. The average molecular weight is 399 g/mol. The summed E-state index contributed by atoms with van der Waals surface area (Å²) in [7, 11) is 0. The van der Waals surface area contributed by atoms with Gasteiger partial charge in [-0.25, -0.2) is 9.66 Å². The maximum Gasteiger partial charge on any atom is 0.221 e. The molecule has 0 fully saturated rings. The van der Waals surface area contributed by atoms with Gasteiger partial charge in [-0.3, -0.25) is 0 Å². The number of nitrogen functional groups attached to an aromatic ring is 1. The molecule has 0 aliphatic rings. The van der Waals surface area contributed by atoms with Crippen molar-refractivity contribution in [2.45, 2.75) is 20.5 Å². The van der Waals surface area contributed by atoms with Crippen LogP contribution in [0.5, 0.6) is 5.75 Å². The molecule has 0 aliphatic heterocycles. The Kier molecular flexibility index (Phi) is 5.19. The second kappa shape index (κ2) is 7.53. The Labute approximate surface area is 155 Å². The number of benzene rings is 2. The van der Waals surface area contributed by atoms with Gasteiger partial charge in [-0.1, -0.05) is 45.8 Å². The van der Waals surface area contributed by atoms with E-state index < -0.39 is 0 Å². The third kappa shape index (κ3) is 4.48. The van der Waals surface area contributed by atoms with Crippen molar-refractivity contribution in [1.82, 2.24) is 9.66 Å². The number of rotatable bonds is 5. The van der Waals surface area contributed by atoms with Crippen LogP contribution in [0.3, 0.4) is 0 Å². The Hall–Kier alpha value is -2.60. The molecule has 1 heterocycles. The molecule has 5 nitrogen and oxygen atoms in total. The minimum absolute atomic E-state index is 0.353. The second-order valence-corrected chi connectivity index (χ2v) is 6.70. The fraction of sp³-hybridized carbons (Fsp3) is 0.158. The number of ether oxygens (including phenoxy) is 1. The van der Waals surface area contributed by atoms with Crippen molar-refractivity contribution in [3.05, 3.63) is 75.5 Å². The van der Waals surface area contributed by atoms with Crippen LogP contribution in [0.4, 0.5) is 5.95 Å². The molecule has 0 aliphatic carbocycles. The van der Waals surface area contributed by atoms with E-state index in [4.69, 9.17) is 10.5 Å². The topological polar surface area (TPSA) is 65.4 Å². The zero-order chi connectivity index (χ0) is 17.8. The molecular weight excluding hydrogens is 380 g/mol. The van der Waals surface area contributed by atoms with E-state index >= 15 is 0 Å². The van der Waals surface area contributed by atoms with Crippen LogP contribution < -0.4 is 10.5 Å². The highest BCUT2D eigenvalue weighted by Crippen LogP contribution is 2.23. The summed E-state index contributed by atoms with van der Waals surface area (Å²) in [6.45, 7) is 4.43. The Morgan fingerprint density at radius 3 is 2.64 bits per heavy atom. The first-order valence-corrected chi connectivity index (χ1v) is 8.64. The molecule has 3 rings (SSSR count). The summed E-state index contributed by atoms with van der Waals surface area (Å²) in [6, 6.07) is 14.1. The summed E-state index contributed by atoms with van der Waals surface area (Å²) in [5.41, 5.74) is 9.84. The predicted octanol–water partition coefficient (Wildman–Crippen LogP) is 4.31. The monoisotopic (exact) mass is 398 g/mol. The smallest absolute Gasteiger partial charge is 0.221 e. The minimum Gasteiger partial charge on any atom is -0.488 e. The molecule has 0 radical (unpaired) electrons. The standard InChI is InChI=1S/C19H19BrN4O/c1-13-3-5-15(6-4-13)12-25-18-8-7-17(20)9-16(18)10-22-24-11-14(2)23-19(24)21/h3-11H,12H2,1-2H3,(H2,21,23). The number of aryl methyl sites for hydroxylation is 2. The quantitative estimate of drug-likeness (QED) is 0.651. The van der Waals surface area contributed by atoms with Gasteiger partial charge in [-0.15, -0.1) is 0 Å². The largest absolute Gasteiger partial charge is 0.488 e. The number of nitrogens with two attached hydrogens (primary N) is 1. The molecule has 2 N–H and O–H groups in total. The van der Waals surface area contributed by atoms with Gasteiger partial charge < -0.3 is 10.5 Å². The first kappa shape index (κ1) is 17.2. The summed E-state index contributed by atoms with van der Waals surface area (Å²) in [5, 5.41) is 4.37. The van der Waals surface area contributed by atoms with Gasteiger partial charge in [0.05, 0.1) is 18.1 Å². The van der Waals surface area contributed by atoms with Crippen molar-refractivity contribution in [1.29, 1.82) is 0 Å². The molecule has 6 heteroatoms. The summed E-state index contributed by atoms with van der Waals surface area (Å²) in [5.74, 6) is 1.11. The van der Waals surface area contributed by atoms with Crippen LogP contribution in [0.25, 0.3) is 0 Å². The van der Waals surface area contributed by atoms with E-state index in [1.165, 1.54) is 5.56 Å². The highest BCUT2D eigenvalue weighted by Gasteiger charge is 2.05. The van der Waals surface area contributed by atoms with Crippen LogP contribution in [0.15, 0.2) is 58.2 Å². The molecule has 0 unspecified atom stereocenters. The van der Waals surface area contributed by atoms with Crippen LogP contribution in [-0.2, 0) is 6.61 Å². The van der Waals surface area contributed by atoms with E-state index in [0.717, 1.165) is 27.0 Å². The zero-order valence-corrected chi connectivity index (χ0v) is 15.7. The van der Waals surface area contributed by atoms with Crippen LogP contribution in [0.2, 0.25) is 0 Å². The van der Waals surface area contributed by atoms with Crippen molar-refractivity contribution in [2.75, 3.05) is 5.73 Å². The first-order valence-electron chi connectivity index (χ1n) is 7.85. The summed E-state index contributed by atoms with van der Waals surface area (Å²) in [6.07, 6.45) is 3.49. The Balaban J connectivity index is 1.80. The van der Waals surface area contributed by atoms with Gasteiger partial charge in [0, 0.05) is 10.0 Å². The predicted molar refractivity (Wildman–Crippen MR) is 104 cm³/mol. The average Bonchev–Trinajstić information content (AvgIpc) is 2.91. The third-order valence-corrected chi connectivity index (χ3v) is 4.14. The molecule has 3 aromatic rings. The molecule has 2 aromatic carbocycles. The number of hydrogen-bond acceptors (Lipinski definition) is 4. The van der Waals surface area contributed by atoms with Crippen LogP contribution in [0, 0.1) is 13.8 Å². The molecule has 0 saturated heterocycles. The Bertz CT molecular complexity index is 900. The zero-order valence-electron chi connectivity index (χ0n) is 14.1. The number of hydrogen-bond donors (Lipinski definition) is 1. The lowest BCUT2D eigenvalue weighted by atomic mass is 10.1. The summed E-state index contributed by atoms with van der Waals surface area (Å²) < 4.78 is 8.47. The lowest BCUT2D eigenvalue weighted by molar-refractivity contribution is 0.305. The van der Waals surface area contributed by atoms with Crippen molar-refractivity contribution in [3.8, 4) is 5.75 Å². The SMILES string of the molecule is Cc1ccc(COc2ccc(Br)cc2C=Nn2cc(C)nc2N)cc1. The van der Waals surface area contributed by atoms with Gasteiger partial charge in [0.25, 0.3) is 0 Å². The van der Waals surface area contributed by atoms with E-state index in [0.29, 0.717) is 12.6 Å². The third-order valence-electron chi connectivity index (χ3n) is 3.64. The second-order valence-electron chi connectivity index (χ2n) is 5.79. The fourth-order valence-electron chi connectivity index (χ4n) is 2.32. The van der Waals surface area contributed by atoms with E-state index in [2.05, 4.69) is 57.2 Å². The lowest BCUT2D eigenvalue weighted by Crippen LogP contribution is -2.00.